The molecule has 1 fully saturated rings. The first-order chi connectivity index (χ1) is 9.75. The van der Waals surface area contributed by atoms with Gasteiger partial charge in [-0.05, 0) is 36.3 Å². The standard InChI is InChI=1S/C16H18N2OS/c17-14-8-10-20-15(14)16(19)18-9-4-7-13(18)11-12-5-2-1-3-6-12/h1-3,5-6,8,10,13H,4,7,9,11,17H2. The molecule has 2 aromatic rings. The third-order valence-corrected chi connectivity index (χ3v) is 4.76. The van der Waals surface area contributed by atoms with E-state index in [2.05, 4.69) is 12.1 Å². The van der Waals surface area contributed by atoms with Crippen molar-refractivity contribution in [3.05, 3.63) is 52.2 Å². The fourth-order valence-electron chi connectivity index (χ4n) is 2.82. The Hall–Kier alpha value is -1.81. The maximum Gasteiger partial charge on any atom is 0.266 e. The Morgan fingerprint density at radius 2 is 2.10 bits per heavy atom. The normalized spacial score (nSPS) is 18.4. The molecule has 2 heterocycles. The third-order valence-electron chi connectivity index (χ3n) is 3.84. The number of amides is 1. The summed E-state index contributed by atoms with van der Waals surface area (Å²) in [4.78, 5) is 15.3. The first-order valence-electron chi connectivity index (χ1n) is 6.93. The number of rotatable bonds is 3. The van der Waals surface area contributed by atoms with Crippen molar-refractivity contribution in [2.45, 2.75) is 25.3 Å². The third kappa shape index (κ3) is 2.56. The van der Waals surface area contributed by atoms with Gasteiger partial charge in [0.15, 0.2) is 0 Å². The van der Waals surface area contributed by atoms with Gasteiger partial charge in [0.05, 0.1) is 5.69 Å². The SMILES string of the molecule is Nc1ccsc1C(=O)N1CCCC1Cc1ccccc1. The van der Waals surface area contributed by atoms with Crippen molar-refractivity contribution >= 4 is 22.9 Å². The lowest BCUT2D eigenvalue weighted by molar-refractivity contribution is 0.0742. The lowest BCUT2D eigenvalue weighted by Crippen LogP contribution is -2.36. The molecule has 4 heteroatoms. The van der Waals surface area contributed by atoms with Crippen LogP contribution in [0, 0.1) is 0 Å². The summed E-state index contributed by atoms with van der Waals surface area (Å²) < 4.78 is 0. The predicted octanol–water partition coefficient (Wildman–Crippen LogP) is 3.18. The van der Waals surface area contributed by atoms with Crippen LogP contribution in [0.2, 0.25) is 0 Å². The van der Waals surface area contributed by atoms with Crippen molar-refractivity contribution in [1.82, 2.24) is 4.90 Å². The smallest absolute Gasteiger partial charge is 0.266 e. The van der Waals surface area contributed by atoms with Gasteiger partial charge in [0, 0.05) is 12.6 Å². The van der Waals surface area contributed by atoms with Crippen LogP contribution >= 0.6 is 11.3 Å². The zero-order chi connectivity index (χ0) is 13.9. The van der Waals surface area contributed by atoms with E-state index in [1.54, 1.807) is 6.07 Å². The number of nitrogen functional groups attached to an aromatic ring is 1. The summed E-state index contributed by atoms with van der Waals surface area (Å²) in [5.41, 5.74) is 7.76. The van der Waals surface area contributed by atoms with Crippen molar-refractivity contribution in [3.63, 3.8) is 0 Å². The minimum absolute atomic E-state index is 0.0935. The van der Waals surface area contributed by atoms with Crippen molar-refractivity contribution in [1.29, 1.82) is 0 Å². The molecule has 3 rings (SSSR count). The maximum atomic E-state index is 12.6. The highest BCUT2D eigenvalue weighted by atomic mass is 32.1. The van der Waals surface area contributed by atoms with Gasteiger partial charge >= 0.3 is 0 Å². The number of carbonyl (C=O) groups is 1. The van der Waals surface area contributed by atoms with E-state index in [1.807, 2.05) is 28.5 Å². The number of thiophene rings is 1. The van der Waals surface area contributed by atoms with E-state index >= 15 is 0 Å². The zero-order valence-electron chi connectivity index (χ0n) is 11.3. The van der Waals surface area contributed by atoms with Crippen molar-refractivity contribution in [2.75, 3.05) is 12.3 Å². The average Bonchev–Trinajstić information content (AvgIpc) is 3.08. The van der Waals surface area contributed by atoms with Gasteiger partial charge in [0.25, 0.3) is 5.91 Å². The van der Waals surface area contributed by atoms with Crippen LogP contribution in [0.1, 0.15) is 28.1 Å². The summed E-state index contributed by atoms with van der Waals surface area (Å²) in [5.74, 6) is 0.0935. The van der Waals surface area contributed by atoms with Gasteiger partial charge in [-0.1, -0.05) is 30.3 Å². The molecule has 0 radical (unpaired) electrons. The molecule has 1 aromatic heterocycles. The Labute approximate surface area is 123 Å². The summed E-state index contributed by atoms with van der Waals surface area (Å²) >= 11 is 1.44. The molecular formula is C16H18N2OS. The molecule has 1 unspecified atom stereocenters. The fraction of sp³-hybridized carbons (Fsp3) is 0.312. The maximum absolute atomic E-state index is 12.6. The molecule has 3 nitrogen and oxygen atoms in total. The zero-order valence-corrected chi connectivity index (χ0v) is 12.1. The van der Waals surface area contributed by atoms with Crippen molar-refractivity contribution in [3.8, 4) is 0 Å². The number of nitrogens with two attached hydrogens (primary N) is 1. The quantitative estimate of drug-likeness (QED) is 0.942. The molecule has 1 atom stereocenters. The van der Waals surface area contributed by atoms with Gasteiger partial charge in [0.1, 0.15) is 4.88 Å². The molecule has 0 spiro atoms. The molecule has 0 aliphatic carbocycles. The van der Waals surface area contributed by atoms with Gasteiger partial charge in [-0.2, -0.15) is 0 Å². The molecule has 104 valence electrons. The second kappa shape index (κ2) is 5.67. The van der Waals surface area contributed by atoms with E-state index in [9.17, 15) is 4.79 Å². The van der Waals surface area contributed by atoms with Crippen LogP contribution in [0.15, 0.2) is 41.8 Å². The minimum Gasteiger partial charge on any atom is -0.397 e. The first kappa shape index (κ1) is 13.2. The summed E-state index contributed by atoms with van der Waals surface area (Å²) in [5, 5.41) is 1.88. The van der Waals surface area contributed by atoms with Crippen LogP contribution in [0.5, 0.6) is 0 Å². The molecule has 1 aliphatic heterocycles. The van der Waals surface area contributed by atoms with Crippen LogP contribution in [0.25, 0.3) is 0 Å². The number of anilines is 1. The monoisotopic (exact) mass is 286 g/mol. The predicted molar refractivity (Wildman–Crippen MR) is 82.9 cm³/mol. The summed E-state index contributed by atoms with van der Waals surface area (Å²) in [6, 6.07) is 12.5. The molecular weight excluding hydrogens is 268 g/mol. The van der Waals surface area contributed by atoms with E-state index < -0.39 is 0 Å². The topological polar surface area (TPSA) is 46.3 Å². The Balaban J connectivity index is 1.76. The number of carbonyl (C=O) groups excluding carboxylic acids is 1. The van der Waals surface area contributed by atoms with Gasteiger partial charge in [0.2, 0.25) is 0 Å². The molecule has 20 heavy (non-hydrogen) atoms. The largest absolute Gasteiger partial charge is 0.397 e. The summed E-state index contributed by atoms with van der Waals surface area (Å²) in [6.45, 7) is 0.841. The second-order valence-electron chi connectivity index (χ2n) is 5.19. The summed E-state index contributed by atoms with van der Waals surface area (Å²) in [6.07, 6.45) is 3.08. The van der Waals surface area contributed by atoms with E-state index in [0.29, 0.717) is 16.6 Å². The molecule has 1 aliphatic rings. The Kier molecular flexibility index (Phi) is 3.74. The lowest BCUT2D eigenvalue weighted by Gasteiger charge is -2.24. The number of benzene rings is 1. The van der Waals surface area contributed by atoms with Gasteiger partial charge in [-0.15, -0.1) is 11.3 Å². The van der Waals surface area contributed by atoms with Gasteiger partial charge in [-0.3, -0.25) is 4.79 Å². The van der Waals surface area contributed by atoms with Crippen LogP contribution < -0.4 is 5.73 Å². The first-order valence-corrected chi connectivity index (χ1v) is 7.81. The van der Waals surface area contributed by atoms with E-state index in [-0.39, 0.29) is 5.91 Å². The number of nitrogens with zero attached hydrogens (tertiary/aromatic N) is 1. The van der Waals surface area contributed by atoms with E-state index in [1.165, 1.54) is 16.9 Å². The highest BCUT2D eigenvalue weighted by Gasteiger charge is 2.30. The number of hydrogen-bond donors (Lipinski definition) is 1. The Morgan fingerprint density at radius 3 is 2.80 bits per heavy atom. The number of likely N-dealkylation sites (tertiary alicyclic amines) is 1. The Morgan fingerprint density at radius 1 is 1.30 bits per heavy atom. The van der Waals surface area contributed by atoms with Crippen molar-refractivity contribution in [2.24, 2.45) is 0 Å². The molecule has 1 saturated heterocycles. The van der Waals surface area contributed by atoms with Crippen LogP contribution in [0.4, 0.5) is 5.69 Å². The van der Waals surface area contributed by atoms with Crippen LogP contribution in [-0.4, -0.2) is 23.4 Å². The fourth-order valence-corrected chi connectivity index (χ4v) is 3.60. The number of hydrogen-bond acceptors (Lipinski definition) is 3. The molecule has 1 aromatic carbocycles. The highest BCUT2D eigenvalue weighted by Crippen LogP contribution is 2.27. The minimum atomic E-state index is 0.0935. The highest BCUT2D eigenvalue weighted by molar-refractivity contribution is 7.12. The second-order valence-corrected chi connectivity index (χ2v) is 6.11. The van der Waals surface area contributed by atoms with Crippen LogP contribution in [-0.2, 0) is 6.42 Å². The molecule has 2 N–H and O–H groups in total. The average molecular weight is 286 g/mol. The van der Waals surface area contributed by atoms with Crippen molar-refractivity contribution < 1.29 is 4.79 Å². The van der Waals surface area contributed by atoms with Gasteiger partial charge in [-0.25, -0.2) is 0 Å². The summed E-state index contributed by atoms with van der Waals surface area (Å²) in [7, 11) is 0. The van der Waals surface area contributed by atoms with Gasteiger partial charge < -0.3 is 10.6 Å². The molecule has 0 saturated carbocycles. The lowest BCUT2D eigenvalue weighted by atomic mass is 10.0. The molecule has 0 bridgehead atoms. The van der Waals surface area contributed by atoms with E-state index in [4.69, 9.17) is 5.73 Å². The van der Waals surface area contributed by atoms with E-state index in [0.717, 1.165) is 25.8 Å². The van der Waals surface area contributed by atoms with Crippen LogP contribution in [0.3, 0.4) is 0 Å². The Bertz CT molecular complexity index is 594. The molecule has 1 amide bonds.